The highest BCUT2D eigenvalue weighted by molar-refractivity contribution is 5.77. The Kier molecular flexibility index (Phi) is 6.62. The van der Waals surface area contributed by atoms with E-state index >= 15 is 0 Å². The molecule has 0 fully saturated rings. The van der Waals surface area contributed by atoms with Gasteiger partial charge in [0, 0.05) is 12.6 Å². The fraction of sp³-hybridized carbons (Fsp3) is 0.278. The largest absolute Gasteiger partial charge is 0.477 e. The minimum atomic E-state index is -0.570. The summed E-state index contributed by atoms with van der Waals surface area (Å²) in [5.41, 5.74) is 0.529. The van der Waals surface area contributed by atoms with E-state index in [0.29, 0.717) is 0 Å². The first-order valence-corrected chi connectivity index (χ1v) is 7.93. The van der Waals surface area contributed by atoms with Crippen LogP contribution in [0.15, 0.2) is 48.5 Å². The molecule has 0 aromatic heterocycles. The van der Waals surface area contributed by atoms with Crippen LogP contribution in [0.5, 0.6) is 5.75 Å². The van der Waals surface area contributed by atoms with Crippen molar-refractivity contribution in [1.29, 1.82) is 0 Å². The lowest BCUT2D eigenvalue weighted by Gasteiger charge is -2.25. The summed E-state index contributed by atoms with van der Waals surface area (Å²) in [5, 5.41) is 13.6. The van der Waals surface area contributed by atoms with Crippen LogP contribution in [0.4, 0.5) is 10.1 Å². The quantitative estimate of drug-likeness (QED) is 0.577. The van der Waals surface area contributed by atoms with Crippen molar-refractivity contribution in [3.63, 3.8) is 0 Å². The van der Waals surface area contributed by atoms with E-state index < -0.39 is 10.8 Å². The Morgan fingerprint density at radius 3 is 2.65 bits per heavy atom. The number of nitro benzene ring substituents is 1. The Labute approximate surface area is 150 Å². The van der Waals surface area contributed by atoms with Gasteiger partial charge in [0.1, 0.15) is 5.82 Å². The topological polar surface area (TPSA) is 84.7 Å². The van der Waals surface area contributed by atoms with Gasteiger partial charge in [-0.1, -0.05) is 24.3 Å². The van der Waals surface area contributed by atoms with Crippen molar-refractivity contribution in [1.82, 2.24) is 10.2 Å². The van der Waals surface area contributed by atoms with Crippen molar-refractivity contribution in [2.24, 2.45) is 0 Å². The van der Waals surface area contributed by atoms with Crippen molar-refractivity contribution in [3.8, 4) is 5.75 Å². The molecule has 0 aliphatic carbocycles. The van der Waals surface area contributed by atoms with E-state index in [1.54, 1.807) is 18.2 Å². The molecule has 1 amide bonds. The summed E-state index contributed by atoms with van der Waals surface area (Å²) in [7, 11) is 3.65. The van der Waals surface area contributed by atoms with Crippen molar-refractivity contribution in [3.05, 3.63) is 70.0 Å². The van der Waals surface area contributed by atoms with Gasteiger partial charge < -0.3 is 15.0 Å². The molecule has 2 aromatic carbocycles. The highest BCUT2D eigenvalue weighted by Gasteiger charge is 2.18. The number of carbonyl (C=O) groups excluding carboxylic acids is 1. The van der Waals surface area contributed by atoms with Gasteiger partial charge in [-0.05, 0) is 37.9 Å². The van der Waals surface area contributed by atoms with Crippen LogP contribution in [-0.4, -0.2) is 43.0 Å². The van der Waals surface area contributed by atoms with Gasteiger partial charge in [-0.2, -0.15) is 0 Å². The predicted molar refractivity (Wildman–Crippen MR) is 94.4 cm³/mol. The predicted octanol–water partition coefficient (Wildman–Crippen LogP) is 2.53. The van der Waals surface area contributed by atoms with Crippen molar-refractivity contribution >= 4 is 11.6 Å². The first-order valence-electron chi connectivity index (χ1n) is 7.93. The van der Waals surface area contributed by atoms with Crippen molar-refractivity contribution in [2.75, 3.05) is 27.2 Å². The zero-order chi connectivity index (χ0) is 19.1. The molecule has 0 saturated heterocycles. The van der Waals surface area contributed by atoms with Gasteiger partial charge >= 0.3 is 5.69 Å². The minimum Gasteiger partial charge on any atom is -0.477 e. The average Bonchev–Trinajstić information content (AvgIpc) is 2.60. The summed E-state index contributed by atoms with van der Waals surface area (Å²) in [6, 6.07) is 11.8. The number of hydrogen-bond donors (Lipinski definition) is 1. The second-order valence-corrected chi connectivity index (χ2v) is 5.85. The Balaban J connectivity index is 1.94. The van der Waals surface area contributed by atoms with Gasteiger partial charge in [0.2, 0.25) is 0 Å². The number of halogens is 1. The lowest BCUT2D eigenvalue weighted by atomic mass is 10.1. The number of nitro groups is 1. The Morgan fingerprint density at radius 2 is 2.00 bits per heavy atom. The number of hydrogen-bond acceptors (Lipinski definition) is 5. The molecular weight excluding hydrogens is 341 g/mol. The smallest absolute Gasteiger partial charge is 0.310 e. The number of nitrogens with zero attached hydrogens (tertiary/aromatic N) is 2. The van der Waals surface area contributed by atoms with Crippen LogP contribution in [0.3, 0.4) is 0 Å². The van der Waals surface area contributed by atoms with Crippen LogP contribution in [-0.2, 0) is 4.79 Å². The first-order chi connectivity index (χ1) is 12.4. The molecule has 2 aromatic rings. The Morgan fingerprint density at radius 1 is 1.27 bits per heavy atom. The molecule has 7 nitrogen and oxygen atoms in total. The molecule has 0 radical (unpaired) electrons. The molecule has 2 rings (SSSR count). The number of likely N-dealkylation sites (N-methyl/N-ethyl adjacent to an activating group) is 1. The fourth-order valence-electron chi connectivity index (χ4n) is 2.45. The molecule has 1 unspecified atom stereocenters. The summed E-state index contributed by atoms with van der Waals surface area (Å²) in [5.74, 6) is -0.742. The van der Waals surface area contributed by atoms with E-state index in [0.717, 1.165) is 5.56 Å². The van der Waals surface area contributed by atoms with Crippen molar-refractivity contribution < 1.29 is 18.8 Å². The van der Waals surface area contributed by atoms with E-state index in [4.69, 9.17) is 4.74 Å². The second-order valence-electron chi connectivity index (χ2n) is 5.85. The van der Waals surface area contributed by atoms with Crippen LogP contribution in [0.2, 0.25) is 0 Å². The van der Waals surface area contributed by atoms with Gasteiger partial charge in [-0.3, -0.25) is 14.9 Å². The van der Waals surface area contributed by atoms with Crippen LogP contribution >= 0.6 is 0 Å². The third-order valence-electron chi connectivity index (χ3n) is 3.77. The Bertz CT molecular complexity index is 783. The zero-order valence-electron chi connectivity index (χ0n) is 14.5. The van der Waals surface area contributed by atoms with Crippen LogP contribution in [0.1, 0.15) is 11.6 Å². The summed E-state index contributed by atoms with van der Waals surface area (Å²) < 4.78 is 18.7. The van der Waals surface area contributed by atoms with Gasteiger partial charge in [0.15, 0.2) is 12.4 Å². The van der Waals surface area contributed by atoms with Gasteiger partial charge in [-0.25, -0.2) is 4.39 Å². The van der Waals surface area contributed by atoms with Gasteiger partial charge in [0.25, 0.3) is 5.91 Å². The number of carbonyl (C=O) groups is 1. The van der Waals surface area contributed by atoms with Gasteiger partial charge in [-0.15, -0.1) is 0 Å². The molecule has 1 N–H and O–H groups in total. The maximum atomic E-state index is 13.4. The number of para-hydroxylation sites is 2. The standard InChI is InChI=1S/C18H20FN3O4/c1-21(2)16(13-6-5-7-14(19)10-13)11-20-18(23)12-26-17-9-4-3-8-15(17)22(24)25/h3-10,16H,11-12H2,1-2H3,(H,20,23). The molecule has 26 heavy (non-hydrogen) atoms. The van der Waals surface area contributed by atoms with Crippen LogP contribution in [0, 0.1) is 15.9 Å². The lowest BCUT2D eigenvalue weighted by Crippen LogP contribution is -2.37. The molecule has 0 saturated carbocycles. The van der Waals surface area contributed by atoms with E-state index in [-0.39, 0.29) is 36.4 Å². The van der Waals surface area contributed by atoms with Crippen LogP contribution in [0.25, 0.3) is 0 Å². The Hall–Kier alpha value is -3.00. The molecule has 1 atom stereocenters. The lowest BCUT2D eigenvalue weighted by molar-refractivity contribution is -0.385. The molecule has 0 spiro atoms. The van der Waals surface area contributed by atoms with Crippen molar-refractivity contribution in [2.45, 2.75) is 6.04 Å². The average molecular weight is 361 g/mol. The second kappa shape index (κ2) is 8.91. The maximum Gasteiger partial charge on any atom is 0.310 e. The summed E-state index contributed by atoms with van der Waals surface area (Å²) >= 11 is 0. The van der Waals surface area contributed by atoms with E-state index in [2.05, 4.69) is 5.32 Å². The van der Waals surface area contributed by atoms with E-state index in [1.807, 2.05) is 19.0 Å². The number of amides is 1. The fourth-order valence-corrected chi connectivity index (χ4v) is 2.45. The molecule has 0 bridgehead atoms. The summed E-state index contributed by atoms with van der Waals surface area (Å²) in [4.78, 5) is 24.2. The maximum absolute atomic E-state index is 13.4. The van der Waals surface area contributed by atoms with Gasteiger partial charge in [0.05, 0.1) is 11.0 Å². The molecule has 8 heteroatoms. The molecular formula is C18H20FN3O4. The summed E-state index contributed by atoms with van der Waals surface area (Å²) in [6.45, 7) is -0.107. The SMILES string of the molecule is CN(C)C(CNC(=O)COc1ccccc1[N+](=O)[O-])c1cccc(F)c1. The number of nitrogens with one attached hydrogen (secondary N) is 1. The highest BCUT2D eigenvalue weighted by atomic mass is 19.1. The number of benzene rings is 2. The molecule has 0 heterocycles. The highest BCUT2D eigenvalue weighted by Crippen LogP contribution is 2.25. The van der Waals surface area contributed by atoms with Crippen LogP contribution < -0.4 is 10.1 Å². The third-order valence-corrected chi connectivity index (χ3v) is 3.77. The summed E-state index contributed by atoms with van der Waals surface area (Å²) in [6.07, 6.45) is 0. The number of ether oxygens (including phenoxy) is 1. The van der Waals surface area contributed by atoms with E-state index in [1.165, 1.54) is 30.3 Å². The zero-order valence-corrected chi connectivity index (χ0v) is 14.5. The molecule has 138 valence electrons. The first kappa shape index (κ1) is 19.3. The van der Waals surface area contributed by atoms with E-state index in [9.17, 15) is 19.3 Å². The molecule has 0 aliphatic rings. The number of rotatable bonds is 8. The third kappa shape index (κ3) is 5.25. The normalized spacial score (nSPS) is 11.8. The minimum absolute atomic E-state index is 0.0296. The molecule has 0 aliphatic heterocycles. The monoisotopic (exact) mass is 361 g/mol.